The summed E-state index contributed by atoms with van der Waals surface area (Å²) in [5.74, 6) is -0.407. The summed E-state index contributed by atoms with van der Waals surface area (Å²) in [5, 5.41) is 2.68. The zero-order valence-electron chi connectivity index (χ0n) is 11.2. The number of amides is 2. The molecular weight excluding hydrogens is 230 g/mol. The van der Waals surface area contributed by atoms with Gasteiger partial charge in [-0.25, -0.2) is 0 Å². The fourth-order valence-electron chi connectivity index (χ4n) is 1.28. The first-order valence-corrected chi connectivity index (χ1v) is 5.64. The van der Waals surface area contributed by atoms with Crippen LogP contribution >= 0.6 is 0 Å². The summed E-state index contributed by atoms with van der Waals surface area (Å²) >= 11 is 0. The summed E-state index contributed by atoms with van der Waals surface area (Å²) in [4.78, 5) is 25.0. The van der Waals surface area contributed by atoms with E-state index in [-0.39, 0.29) is 11.8 Å². The summed E-state index contributed by atoms with van der Waals surface area (Å²) in [6, 6.07) is 6.77. The second kappa shape index (κ2) is 5.18. The van der Waals surface area contributed by atoms with Crippen molar-refractivity contribution in [3.8, 4) is 0 Å². The van der Waals surface area contributed by atoms with Crippen LogP contribution in [0.2, 0.25) is 0 Å². The van der Waals surface area contributed by atoms with Gasteiger partial charge in [0.1, 0.15) is 0 Å². The van der Waals surface area contributed by atoms with Crippen molar-refractivity contribution in [2.75, 3.05) is 19.4 Å². The summed E-state index contributed by atoms with van der Waals surface area (Å²) < 4.78 is 0. The SMILES string of the molecule is CN(C)C(=O)c1cccc(NC(=O)C(C)(C)N)c1. The van der Waals surface area contributed by atoms with E-state index < -0.39 is 5.54 Å². The predicted octanol–water partition coefficient (Wildman–Crippen LogP) is 1.06. The number of nitrogens with two attached hydrogens (primary N) is 1. The Bertz CT molecular complexity index is 462. The number of nitrogens with zero attached hydrogens (tertiary/aromatic N) is 1. The molecule has 5 heteroatoms. The monoisotopic (exact) mass is 249 g/mol. The first-order valence-electron chi connectivity index (χ1n) is 5.64. The van der Waals surface area contributed by atoms with Crippen LogP contribution in [0.3, 0.4) is 0 Å². The lowest BCUT2D eigenvalue weighted by Crippen LogP contribution is -2.45. The van der Waals surface area contributed by atoms with Crippen molar-refractivity contribution < 1.29 is 9.59 Å². The molecule has 0 bridgehead atoms. The van der Waals surface area contributed by atoms with Crippen LogP contribution in [0.1, 0.15) is 24.2 Å². The van der Waals surface area contributed by atoms with E-state index in [2.05, 4.69) is 5.32 Å². The van der Waals surface area contributed by atoms with E-state index in [1.54, 1.807) is 52.2 Å². The van der Waals surface area contributed by atoms with Crippen LogP contribution in [-0.4, -0.2) is 36.3 Å². The molecule has 0 fully saturated rings. The summed E-state index contributed by atoms with van der Waals surface area (Å²) in [6.07, 6.45) is 0. The normalized spacial score (nSPS) is 10.9. The van der Waals surface area contributed by atoms with Gasteiger partial charge in [-0.2, -0.15) is 0 Å². The van der Waals surface area contributed by atoms with Crippen molar-refractivity contribution in [1.29, 1.82) is 0 Å². The molecule has 3 N–H and O–H groups in total. The van der Waals surface area contributed by atoms with Crippen LogP contribution in [0, 0.1) is 0 Å². The molecule has 5 nitrogen and oxygen atoms in total. The molecule has 1 aromatic rings. The van der Waals surface area contributed by atoms with Crippen LogP contribution in [0.25, 0.3) is 0 Å². The highest BCUT2D eigenvalue weighted by molar-refractivity contribution is 5.99. The second-order valence-electron chi connectivity index (χ2n) is 4.96. The van der Waals surface area contributed by atoms with E-state index in [4.69, 9.17) is 5.73 Å². The van der Waals surface area contributed by atoms with Crippen LogP contribution in [0.5, 0.6) is 0 Å². The van der Waals surface area contributed by atoms with Gasteiger partial charge < -0.3 is 16.0 Å². The van der Waals surface area contributed by atoms with Crippen LogP contribution in [0.15, 0.2) is 24.3 Å². The van der Waals surface area contributed by atoms with E-state index in [1.165, 1.54) is 4.90 Å². The molecular formula is C13H19N3O2. The minimum absolute atomic E-state index is 0.113. The van der Waals surface area contributed by atoms with E-state index in [1.807, 2.05) is 0 Å². The summed E-state index contributed by atoms with van der Waals surface area (Å²) in [6.45, 7) is 3.24. The number of anilines is 1. The molecule has 2 amide bonds. The minimum Gasteiger partial charge on any atom is -0.345 e. The lowest BCUT2D eigenvalue weighted by Gasteiger charge is -2.18. The van der Waals surface area contributed by atoms with E-state index >= 15 is 0 Å². The lowest BCUT2D eigenvalue weighted by molar-refractivity contribution is -0.120. The average Bonchev–Trinajstić information content (AvgIpc) is 2.27. The molecule has 0 aromatic heterocycles. The smallest absolute Gasteiger partial charge is 0.253 e. The average molecular weight is 249 g/mol. The van der Waals surface area contributed by atoms with Gasteiger partial charge in [-0.1, -0.05) is 6.07 Å². The third kappa shape index (κ3) is 3.56. The van der Waals surface area contributed by atoms with E-state index in [9.17, 15) is 9.59 Å². The molecule has 0 unspecified atom stereocenters. The Balaban J connectivity index is 2.90. The highest BCUT2D eigenvalue weighted by Crippen LogP contribution is 2.13. The number of hydrogen-bond donors (Lipinski definition) is 2. The molecule has 0 heterocycles. The fourth-order valence-corrected chi connectivity index (χ4v) is 1.28. The van der Waals surface area contributed by atoms with Crippen LogP contribution < -0.4 is 11.1 Å². The quantitative estimate of drug-likeness (QED) is 0.841. The number of benzene rings is 1. The van der Waals surface area contributed by atoms with Crippen LogP contribution in [-0.2, 0) is 4.79 Å². The first kappa shape index (κ1) is 14.2. The number of rotatable bonds is 3. The molecule has 0 saturated heterocycles. The van der Waals surface area contributed by atoms with Crippen molar-refractivity contribution >= 4 is 17.5 Å². The zero-order chi connectivity index (χ0) is 13.9. The molecule has 0 atom stereocenters. The van der Waals surface area contributed by atoms with Crippen molar-refractivity contribution in [3.63, 3.8) is 0 Å². The zero-order valence-corrected chi connectivity index (χ0v) is 11.2. The van der Waals surface area contributed by atoms with E-state index in [0.717, 1.165) is 0 Å². The van der Waals surface area contributed by atoms with Gasteiger partial charge in [-0.15, -0.1) is 0 Å². The van der Waals surface area contributed by atoms with Gasteiger partial charge in [0.15, 0.2) is 0 Å². The molecule has 0 aliphatic rings. The number of hydrogen-bond acceptors (Lipinski definition) is 3. The maximum absolute atomic E-state index is 11.8. The van der Waals surface area contributed by atoms with Crippen molar-refractivity contribution in [1.82, 2.24) is 4.90 Å². The highest BCUT2D eigenvalue weighted by Gasteiger charge is 2.22. The number of nitrogens with one attached hydrogen (secondary N) is 1. The standard InChI is InChI=1S/C13H19N3O2/c1-13(2,14)12(18)15-10-7-5-6-9(8-10)11(17)16(3)4/h5-8H,14H2,1-4H3,(H,15,18). The summed E-state index contributed by atoms with van der Waals surface area (Å²) in [7, 11) is 3.35. The van der Waals surface area contributed by atoms with Crippen LogP contribution in [0.4, 0.5) is 5.69 Å². The van der Waals surface area contributed by atoms with Crippen molar-refractivity contribution in [3.05, 3.63) is 29.8 Å². The van der Waals surface area contributed by atoms with Gasteiger partial charge in [-0.3, -0.25) is 9.59 Å². The number of carbonyl (C=O) groups is 2. The molecule has 0 aliphatic heterocycles. The molecule has 0 radical (unpaired) electrons. The summed E-state index contributed by atoms with van der Waals surface area (Å²) in [5.41, 5.74) is 5.81. The van der Waals surface area contributed by atoms with Crippen molar-refractivity contribution in [2.45, 2.75) is 19.4 Å². The maximum Gasteiger partial charge on any atom is 0.253 e. The van der Waals surface area contributed by atoms with Gasteiger partial charge >= 0.3 is 0 Å². The fraction of sp³-hybridized carbons (Fsp3) is 0.385. The Kier molecular flexibility index (Phi) is 4.08. The Hall–Kier alpha value is -1.88. The Morgan fingerprint density at radius 3 is 2.39 bits per heavy atom. The molecule has 98 valence electrons. The van der Waals surface area contributed by atoms with Gasteiger partial charge in [-0.05, 0) is 32.0 Å². The largest absolute Gasteiger partial charge is 0.345 e. The van der Waals surface area contributed by atoms with Gasteiger partial charge in [0.25, 0.3) is 5.91 Å². The van der Waals surface area contributed by atoms with Crippen molar-refractivity contribution in [2.24, 2.45) is 5.73 Å². The van der Waals surface area contributed by atoms with Gasteiger partial charge in [0.05, 0.1) is 5.54 Å². The first-order chi connectivity index (χ1) is 8.21. The van der Waals surface area contributed by atoms with E-state index in [0.29, 0.717) is 11.3 Å². The van der Waals surface area contributed by atoms with Gasteiger partial charge in [0.2, 0.25) is 5.91 Å². The Morgan fingerprint density at radius 2 is 1.89 bits per heavy atom. The minimum atomic E-state index is -0.957. The molecule has 18 heavy (non-hydrogen) atoms. The molecule has 1 rings (SSSR count). The topological polar surface area (TPSA) is 75.4 Å². The highest BCUT2D eigenvalue weighted by atomic mass is 16.2. The third-order valence-electron chi connectivity index (χ3n) is 2.36. The Labute approximate surface area is 107 Å². The number of carbonyl (C=O) groups excluding carboxylic acids is 2. The molecule has 0 saturated carbocycles. The van der Waals surface area contributed by atoms with Gasteiger partial charge in [0, 0.05) is 25.3 Å². The predicted molar refractivity (Wildman–Crippen MR) is 71.4 cm³/mol. The molecule has 0 spiro atoms. The molecule has 1 aromatic carbocycles. The second-order valence-corrected chi connectivity index (χ2v) is 4.96. The molecule has 0 aliphatic carbocycles. The third-order valence-corrected chi connectivity index (χ3v) is 2.36. The lowest BCUT2D eigenvalue weighted by atomic mass is 10.1. The Morgan fingerprint density at radius 1 is 1.28 bits per heavy atom. The maximum atomic E-state index is 11.8.